The molecule has 3 rings (SSSR count). The molecule has 2 heterocycles. The number of halogens is 1. The number of primary amides is 1. The van der Waals surface area contributed by atoms with Crippen LogP contribution in [0.1, 0.15) is 17.1 Å². The highest BCUT2D eigenvalue weighted by Crippen LogP contribution is 2.36. The molecule has 1 aromatic carbocycles. The molecule has 142 valence electrons. The summed E-state index contributed by atoms with van der Waals surface area (Å²) in [5.41, 5.74) is 6.88. The molecule has 0 fully saturated rings. The molecule has 0 aliphatic carbocycles. The number of nitrogens with zero attached hydrogens (tertiary/aromatic N) is 2. The summed E-state index contributed by atoms with van der Waals surface area (Å²) >= 11 is 7.48. The van der Waals surface area contributed by atoms with E-state index in [-0.39, 0.29) is 18.5 Å². The summed E-state index contributed by atoms with van der Waals surface area (Å²) in [6.45, 7) is 2.60. The summed E-state index contributed by atoms with van der Waals surface area (Å²) in [5, 5.41) is 1.19. The van der Waals surface area contributed by atoms with E-state index in [1.165, 1.54) is 15.9 Å². The SMILES string of the molecule is COCCc1nc2sc(C)c(-c3ccc(Cl)cc3)c2c(=O)n1CCC(N)=O. The fraction of sp³-hybridized carbons (Fsp3) is 0.316. The van der Waals surface area contributed by atoms with Crippen LogP contribution in [-0.4, -0.2) is 29.2 Å². The van der Waals surface area contributed by atoms with Crippen molar-refractivity contribution in [2.75, 3.05) is 13.7 Å². The Balaban J connectivity index is 2.23. The van der Waals surface area contributed by atoms with Gasteiger partial charge < -0.3 is 10.5 Å². The average molecular weight is 406 g/mol. The quantitative estimate of drug-likeness (QED) is 0.654. The van der Waals surface area contributed by atoms with E-state index in [1.54, 1.807) is 19.2 Å². The molecule has 2 aromatic heterocycles. The zero-order valence-electron chi connectivity index (χ0n) is 15.1. The molecule has 0 aliphatic heterocycles. The maximum atomic E-state index is 13.3. The molecule has 0 saturated carbocycles. The van der Waals surface area contributed by atoms with Crippen molar-refractivity contribution >= 4 is 39.1 Å². The molecule has 0 saturated heterocycles. The molecular weight excluding hydrogens is 386 g/mol. The van der Waals surface area contributed by atoms with Crippen LogP contribution in [0, 0.1) is 6.92 Å². The molecule has 0 atom stereocenters. The average Bonchev–Trinajstić information content (AvgIpc) is 2.96. The molecule has 0 aliphatic rings. The number of aryl methyl sites for hydroxylation is 1. The number of fused-ring (bicyclic) bond motifs is 1. The van der Waals surface area contributed by atoms with Gasteiger partial charge in [0.1, 0.15) is 10.7 Å². The first kappa shape index (κ1) is 19.5. The Morgan fingerprint density at radius 2 is 2.04 bits per heavy atom. The first-order valence-corrected chi connectivity index (χ1v) is 9.67. The highest BCUT2D eigenvalue weighted by atomic mass is 35.5. The molecule has 2 N–H and O–H groups in total. The van der Waals surface area contributed by atoms with E-state index in [9.17, 15) is 9.59 Å². The zero-order chi connectivity index (χ0) is 19.6. The van der Waals surface area contributed by atoms with Crippen molar-refractivity contribution in [2.45, 2.75) is 26.3 Å². The van der Waals surface area contributed by atoms with E-state index in [0.29, 0.717) is 34.1 Å². The van der Waals surface area contributed by atoms with E-state index in [0.717, 1.165) is 16.0 Å². The Labute approximate surface area is 165 Å². The fourth-order valence-corrected chi connectivity index (χ4v) is 4.22. The number of hydrogen-bond acceptors (Lipinski definition) is 5. The Morgan fingerprint density at radius 3 is 2.67 bits per heavy atom. The summed E-state index contributed by atoms with van der Waals surface area (Å²) in [5.74, 6) is 0.138. The standard InChI is InChI=1S/C19H20ClN3O3S/c1-11-16(12-3-5-13(20)6-4-12)17-18(27-11)22-15(8-10-26-2)23(19(17)25)9-7-14(21)24/h3-6H,7-10H2,1-2H3,(H2,21,24). The van der Waals surface area contributed by atoms with Crippen LogP contribution in [0.5, 0.6) is 0 Å². The molecule has 3 aromatic rings. The summed E-state index contributed by atoms with van der Waals surface area (Å²) in [6.07, 6.45) is 0.556. The van der Waals surface area contributed by atoms with Gasteiger partial charge in [0.2, 0.25) is 5.91 Å². The lowest BCUT2D eigenvalue weighted by atomic mass is 10.0. The largest absolute Gasteiger partial charge is 0.384 e. The van der Waals surface area contributed by atoms with Crippen molar-refractivity contribution in [3.05, 3.63) is 50.3 Å². The third-order valence-electron chi connectivity index (χ3n) is 4.31. The van der Waals surface area contributed by atoms with Crippen LogP contribution in [0.4, 0.5) is 0 Å². The van der Waals surface area contributed by atoms with Crippen LogP contribution in [0.2, 0.25) is 5.02 Å². The van der Waals surface area contributed by atoms with Crippen LogP contribution >= 0.6 is 22.9 Å². The summed E-state index contributed by atoms with van der Waals surface area (Å²) in [7, 11) is 1.60. The number of aromatic nitrogens is 2. The number of amides is 1. The van der Waals surface area contributed by atoms with Gasteiger partial charge >= 0.3 is 0 Å². The fourth-order valence-electron chi connectivity index (χ4n) is 3.04. The number of thiophene rings is 1. The molecule has 8 heteroatoms. The van der Waals surface area contributed by atoms with Crippen molar-refractivity contribution < 1.29 is 9.53 Å². The van der Waals surface area contributed by atoms with Gasteiger partial charge in [-0.2, -0.15) is 0 Å². The van der Waals surface area contributed by atoms with Gasteiger partial charge in [-0.15, -0.1) is 11.3 Å². The maximum absolute atomic E-state index is 13.3. The van der Waals surface area contributed by atoms with Gasteiger partial charge in [0, 0.05) is 42.0 Å². The number of carbonyl (C=O) groups is 1. The van der Waals surface area contributed by atoms with Crippen molar-refractivity contribution in [1.29, 1.82) is 0 Å². The smallest absolute Gasteiger partial charge is 0.262 e. The van der Waals surface area contributed by atoms with E-state index < -0.39 is 5.91 Å². The van der Waals surface area contributed by atoms with Crippen LogP contribution < -0.4 is 11.3 Å². The Morgan fingerprint density at radius 1 is 1.33 bits per heavy atom. The van der Waals surface area contributed by atoms with Crippen LogP contribution in [0.15, 0.2) is 29.1 Å². The highest BCUT2D eigenvalue weighted by molar-refractivity contribution is 7.19. The van der Waals surface area contributed by atoms with Crippen molar-refractivity contribution in [2.24, 2.45) is 5.73 Å². The number of benzene rings is 1. The van der Waals surface area contributed by atoms with Crippen molar-refractivity contribution in [3.63, 3.8) is 0 Å². The van der Waals surface area contributed by atoms with Crippen LogP contribution in [0.3, 0.4) is 0 Å². The first-order chi connectivity index (χ1) is 12.9. The number of hydrogen-bond donors (Lipinski definition) is 1. The van der Waals surface area contributed by atoms with Crippen LogP contribution in [-0.2, 0) is 22.5 Å². The lowest BCUT2D eigenvalue weighted by Gasteiger charge is -2.12. The van der Waals surface area contributed by atoms with Crippen LogP contribution in [0.25, 0.3) is 21.3 Å². The lowest BCUT2D eigenvalue weighted by Crippen LogP contribution is -2.28. The van der Waals surface area contributed by atoms with Gasteiger partial charge in [0.15, 0.2) is 0 Å². The third-order valence-corrected chi connectivity index (χ3v) is 5.56. The van der Waals surface area contributed by atoms with E-state index in [1.807, 2.05) is 19.1 Å². The zero-order valence-corrected chi connectivity index (χ0v) is 16.7. The Bertz CT molecular complexity index is 1040. The minimum Gasteiger partial charge on any atom is -0.384 e. The second-order valence-corrected chi connectivity index (χ2v) is 7.80. The first-order valence-electron chi connectivity index (χ1n) is 8.48. The Kier molecular flexibility index (Phi) is 5.94. The van der Waals surface area contributed by atoms with Crippen molar-refractivity contribution in [1.82, 2.24) is 9.55 Å². The molecule has 1 amide bonds. The van der Waals surface area contributed by atoms with Gasteiger partial charge in [-0.3, -0.25) is 14.2 Å². The minimum atomic E-state index is -0.459. The molecule has 27 heavy (non-hydrogen) atoms. The molecule has 0 unspecified atom stereocenters. The van der Waals surface area contributed by atoms with Crippen molar-refractivity contribution in [3.8, 4) is 11.1 Å². The van der Waals surface area contributed by atoms with Gasteiger partial charge in [0.25, 0.3) is 5.56 Å². The number of methoxy groups -OCH3 is 1. The Hall–Kier alpha value is -2.22. The molecule has 0 bridgehead atoms. The molecule has 6 nitrogen and oxygen atoms in total. The number of nitrogens with two attached hydrogens (primary N) is 1. The number of ether oxygens (including phenoxy) is 1. The van der Waals surface area contributed by atoms with E-state index in [2.05, 4.69) is 0 Å². The second kappa shape index (κ2) is 8.21. The van der Waals surface area contributed by atoms with Gasteiger partial charge in [-0.05, 0) is 24.6 Å². The summed E-state index contributed by atoms with van der Waals surface area (Å²) < 4.78 is 6.67. The van der Waals surface area contributed by atoms with Gasteiger partial charge in [-0.1, -0.05) is 23.7 Å². The maximum Gasteiger partial charge on any atom is 0.262 e. The number of rotatable bonds is 7. The number of carbonyl (C=O) groups excluding carboxylic acids is 1. The topological polar surface area (TPSA) is 87.2 Å². The van der Waals surface area contributed by atoms with E-state index >= 15 is 0 Å². The minimum absolute atomic E-state index is 0.0759. The summed E-state index contributed by atoms with van der Waals surface area (Å²) in [6, 6.07) is 7.38. The molecule has 0 radical (unpaired) electrons. The summed E-state index contributed by atoms with van der Waals surface area (Å²) in [4.78, 5) is 30.9. The monoisotopic (exact) mass is 405 g/mol. The normalized spacial score (nSPS) is 11.2. The molecule has 0 spiro atoms. The van der Waals surface area contributed by atoms with Gasteiger partial charge in [-0.25, -0.2) is 4.98 Å². The highest BCUT2D eigenvalue weighted by Gasteiger charge is 2.20. The predicted octanol–water partition coefficient (Wildman–Crippen LogP) is 3.15. The molecular formula is C19H20ClN3O3S. The lowest BCUT2D eigenvalue weighted by molar-refractivity contribution is -0.118. The third kappa shape index (κ3) is 4.05. The second-order valence-electron chi connectivity index (χ2n) is 6.16. The van der Waals surface area contributed by atoms with E-state index in [4.69, 9.17) is 27.1 Å². The predicted molar refractivity (Wildman–Crippen MR) is 108 cm³/mol. The van der Waals surface area contributed by atoms with Gasteiger partial charge in [0.05, 0.1) is 12.0 Å².